The van der Waals surface area contributed by atoms with E-state index in [1.807, 2.05) is 18.2 Å². The number of hydrogen-bond acceptors (Lipinski definition) is 2. The second-order valence-electron chi connectivity index (χ2n) is 4.25. The molecule has 90 valence electrons. The van der Waals surface area contributed by atoms with Crippen molar-refractivity contribution in [2.24, 2.45) is 5.92 Å². The zero-order valence-corrected chi connectivity index (χ0v) is 11.1. The maximum absolute atomic E-state index is 6.14. The smallest absolute Gasteiger partial charge is 0.121 e. The first-order chi connectivity index (χ1) is 7.58. The van der Waals surface area contributed by atoms with E-state index in [1.54, 1.807) is 7.11 Å². The Labute approximate surface area is 103 Å². The molecule has 0 heterocycles. The van der Waals surface area contributed by atoms with Crippen LogP contribution in [-0.2, 0) is 0 Å². The lowest BCUT2D eigenvalue weighted by atomic mass is 10.0. The number of rotatable bonds is 5. The molecule has 0 radical (unpaired) electrons. The molecule has 16 heavy (non-hydrogen) atoms. The Kier molecular flexibility index (Phi) is 4.94. The molecular formula is C13H20ClNO. The molecule has 0 aromatic heterocycles. The van der Waals surface area contributed by atoms with Gasteiger partial charge in [0, 0.05) is 12.1 Å². The number of nitrogens with one attached hydrogen (secondary N) is 1. The molecule has 1 unspecified atom stereocenters. The van der Waals surface area contributed by atoms with Gasteiger partial charge < -0.3 is 10.1 Å². The molecule has 0 bridgehead atoms. The van der Waals surface area contributed by atoms with Crippen molar-refractivity contribution in [1.29, 1.82) is 0 Å². The second-order valence-corrected chi connectivity index (χ2v) is 4.66. The third kappa shape index (κ3) is 3.31. The highest BCUT2D eigenvalue weighted by Gasteiger charge is 2.12. The molecule has 3 heteroatoms. The molecule has 0 spiro atoms. The van der Waals surface area contributed by atoms with Crippen LogP contribution < -0.4 is 10.1 Å². The highest BCUT2D eigenvalue weighted by molar-refractivity contribution is 6.33. The summed E-state index contributed by atoms with van der Waals surface area (Å²) in [6, 6.07) is 6.09. The van der Waals surface area contributed by atoms with E-state index in [0.29, 0.717) is 12.0 Å². The van der Waals surface area contributed by atoms with Gasteiger partial charge in [-0.2, -0.15) is 0 Å². The third-order valence-corrected chi connectivity index (χ3v) is 3.09. The Balaban J connectivity index is 2.86. The quantitative estimate of drug-likeness (QED) is 0.835. The molecule has 1 aromatic carbocycles. The van der Waals surface area contributed by atoms with Gasteiger partial charge in [0.1, 0.15) is 5.75 Å². The van der Waals surface area contributed by atoms with Crippen LogP contribution in [0.2, 0.25) is 5.02 Å². The van der Waals surface area contributed by atoms with E-state index in [2.05, 4.69) is 26.1 Å². The zero-order valence-electron chi connectivity index (χ0n) is 10.4. The van der Waals surface area contributed by atoms with E-state index in [9.17, 15) is 0 Å². The Hall–Kier alpha value is -0.890. The fourth-order valence-electron chi connectivity index (χ4n) is 1.68. The van der Waals surface area contributed by atoms with Gasteiger partial charge in [-0.25, -0.2) is 0 Å². The minimum absolute atomic E-state index is 0.435. The second kappa shape index (κ2) is 6.00. The largest absolute Gasteiger partial charge is 0.497 e. The van der Waals surface area contributed by atoms with Gasteiger partial charge >= 0.3 is 0 Å². The number of methoxy groups -OCH3 is 1. The summed E-state index contributed by atoms with van der Waals surface area (Å²) in [5.41, 5.74) is 0.946. The van der Waals surface area contributed by atoms with Crippen molar-refractivity contribution >= 4 is 17.3 Å². The summed E-state index contributed by atoms with van der Waals surface area (Å²) in [6.45, 7) is 6.58. The van der Waals surface area contributed by atoms with Crippen molar-refractivity contribution in [2.45, 2.75) is 33.2 Å². The number of benzene rings is 1. The van der Waals surface area contributed by atoms with Gasteiger partial charge in [0.15, 0.2) is 0 Å². The Morgan fingerprint density at radius 2 is 2.06 bits per heavy atom. The van der Waals surface area contributed by atoms with Gasteiger partial charge in [0.2, 0.25) is 0 Å². The number of hydrogen-bond donors (Lipinski definition) is 1. The van der Waals surface area contributed by atoms with E-state index in [1.165, 1.54) is 0 Å². The summed E-state index contributed by atoms with van der Waals surface area (Å²) < 4.78 is 5.19. The Morgan fingerprint density at radius 1 is 1.38 bits per heavy atom. The minimum atomic E-state index is 0.435. The van der Waals surface area contributed by atoms with Crippen LogP contribution in [0.25, 0.3) is 0 Å². The molecule has 0 amide bonds. The molecule has 0 aliphatic rings. The first-order valence-electron chi connectivity index (χ1n) is 5.68. The van der Waals surface area contributed by atoms with Crippen molar-refractivity contribution in [3.63, 3.8) is 0 Å². The fraction of sp³-hybridized carbons (Fsp3) is 0.538. The first-order valence-corrected chi connectivity index (χ1v) is 6.06. The lowest BCUT2D eigenvalue weighted by Gasteiger charge is -2.23. The fourth-order valence-corrected chi connectivity index (χ4v) is 1.85. The zero-order chi connectivity index (χ0) is 12.1. The van der Waals surface area contributed by atoms with E-state index < -0.39 is 0 Å². The average Bonchev–Trinajstić information content (AvgIpc) is 2.27. The summed E-state index contributed by atoms with van der Waals surface area (Å²) in [5.74, 6) is 1.40. The van der Waals surface area contributed by atoms with Gasteiger partial charge in [-0.05, 0) is 24.5 Å². The molecule has 0 aliphatic carbocycles. The van der Waals surface area contributed by atoms with Gasteiger partial charge in [0.05, 0.1) is 17.8 Å². The van der Waals surface area contributed by atoms with Crippen molar-refractivity contribution in [1.82, 2.24) is 0 Å². The SMILES string of the molecule is CCC(Nc1cc(OC)ccc1Cl)C(C)C. The molecule has 0 saturated carbocycles. The third-order valence-electron chi connectivity index (χ3n) is 2.76. The highest BCUT2D eigenvalue weighted by atomic mass is 35.5. The summed E-state index contributed by atoms with van der Waals surface area (Å²) >= 11 is 6.14. The summed E-state index contributed by atoms with van der Waals surface area (Å²) in [5, 5.41) is 4.20. The maximum Gasteiger partial charge on any atom is 0.121 e. The van der Waals surface area contributed by atoms with Crippen molar-refractivity contribution in [2.75, 3.05) is 12.4 Å². The summed E-state index contributed by atoms with van der Waals surface area (Å²) in [4.78, 5) is 0. The lowest BCUT2D eigenvalue weighted by molar-refractivity contribution is 0.415. The highest BCUT2D eigenvalue weighted by Crippen LogP contribution is 2.28. The van der Waals surface area contributed by atoms with Gasteiger partial charge in [0.25, 0.3) is 0 Å². The molecule has 0 fully saturated rings. The first kappa shape index (κ1) is 13.2. The van der Waals surface area contributed by atoms with Gasteiger partial charge in [-0.15, -0.1) is 0 Å². The normalized spacial score (nSPS) is 12.6. The molecule has 1 rings (SSSR count). The van der Waals surface area contributed by atoms with Gasteiger partial charge in [-0.1, -0.05) is 32.4 Å². The van der Waals surface area contributed by atoms with Crippen LogP contribution in [0, 0.1) is 5.92 Å². The molecule has 1 aromatic rings. The lowest BCUT2D eigenvalue weighted by Crippen LogP contribution is -2.24. The number of anilines is 1. The van der Waals surface area contributed by atoms with Crippen LogP contribution in [0.15, 0.2) is 18.2 Å². The Morgan fingerprint density at radius 3 is 2.56 bits per heavy atom. The van der Waals surface area contributed by atoms with E-state index in [4.69, 9.17) is 16.3 Å². The number of ether oxygens (including phenoxy) is 1. The molecular weight excluding hydrogens is 222 g/mol. The average molecular weight is 242 g/mol. The molecule has 1 N–H and O–H groups in total. The molecule has 0 aliphatic heterocycles. The van der Waals surface area contributed by atoms with E-state index in [0.717, 1.165) is 22.9 Å². The maximum atomic E-state index is 6.14. The predicted octanol–water partition coefficient (Wildman–Crippen LogP) is 4.20. The van der Waals surface area contributed by atoms with Crippen molar-refractivity contribution < 1.29 is 4.74 Å². The summed E-state index contributed by atoms with van der Waals surface area (Å²) in [7, 11) is 1.66. The standard InChI is InChI=1S/C13H20ClNO/c1-5-12(9(2)3)15-13-8-10(16-4)6-7-11(13)14/h6-9,12,15H,5H2,1-4H3. The van der Waals surface area contributed by atoms with Crippen LogP contribution in [0.3, 0.4) is 0 Å². The van der Waals surface area contributed by atoms with E-state index in [-0.39, 0.29) is 0 Å². The van der Waals surface area contributed by atoms with Crippen LogP contribution >= 0.6 is 11.6 Å². The van der Waals surface area contributed by atoms with Crippen LogP contribution in [-0.4, -0.2) is 13.2 Å². The topological polar surface area (TPSA) is 21.3 Å². The monoisotopic (exact) mass is 241 g/mol. The molecule has 1 atom stereocenters. The van der Waals surface area contributed by atoms with Crippen LogP contribution in [0.4, 0.5) is 5.69 Å². The van der Waals surface area contributed by atoms with Crippen molar-refractivity contribution in [3.8, 4) is 5.75 Å². The van der Waals surface area contributed by atoms with Gasteiger partial charge in [-0.3, -0.25) is 0 Å². The van der Waals surface area contributed by atoms with Crippen molar-refractivity contribution in [3.05, 3.63) is 23.2 Å². The minimum Gasteiger partial charge on any atom is -0.497 e. The van der Waals surface area contributed by atoms with Crippen LogP contribution in [0.1, 0.15) is 27.2 Å². The number of halogens is 1. The van der Waals surface area contributed by atoms with E-state index >= 15 is 0 Å². The molecule has 2 nitrogen and oxygen atoms in total. The molecule has 0 saturated heterocycles. The Bertz CT molecular complexity index is 339. The summed E-state index contributed by atoms with van der Waals surface area (Å²) in [6.07, 6.45) is 1.07. The van der Waals surface area contributed by atoms with Crippen LogP contribution in [0.5, 0.6) is 5.75 Å². The predicted molar refractivity (Wildman–Crippen MR) is 70.5 cm³/mol.